The van der Waals surface area contributed by atoms with Crippen LogP contribution in [0.4, 0.5) is 0 Å². The summed E-state index contributed by atoms with van der Waals surface area (Å²) in [5.74, 6) is 2.56. The molecule has 18 heavy (non-hydrogen) atoms. The monoisotopic (exact) mass is 266 g/mol. The Balaban J connectivity index is 2.04. The van der Waals surface area contributed by atoms with Gasteiger partial charge in [-0.05, 0) is 43.6 Å². The highest BCUT2D eigenvalue weighted by molar-refractivity contribution is 7.09. The minimum atomic E-state index is 0.535. The highest BCUT2D eigenvalue weighted by Gasteiger charge is 2.31. The molecule has 1 saturated carbocycles. The second kappa shape index (κ2) is 6.67. The highest BCUT2D eigenvalue weighted by Crippen LogP contribution is 2.40. The van der Waals surface area contributed by atoms with E-state index in [1.54, 1.807) is 11.3 Å². The van der Waals surface area contributed by atoms with Gasteiger partial charge in [-0.15, -0.1) is 11.3 Å². The van der Waals surface area contributed by atoms with Crippen molar-refractivity contribution in [3.63, 3.8) is 0 Å². The molecular weight excluding hydrogens is 240 g/mol. The van der Waals surface area contributed by atoms with Crippen LogP contribution in [0.1, 0.15) is 57.4 Å². The average Bonchev–Trinajstić information content (AvgIpc) is 2.88. The topological polar surface area (TPSA) is 24.9 Å². The maximum Gasteiger partial charge on any atom is 0.0794 e. The summed E-state index contributed by atoms with van der Waals surface area (Å²) >= 11 is 1.80. The van der Waals surface area contributed by atoms with Crippen molar-refractivity contribution in [2.75, 3.05) is 6.54 Å². The number of rotatable bonds is 5. The quantitative estimate of drug-likeness (QED) is 0.861. The number of aromatic nitrogens is 1. The lowest BCUT2D eigenvalue weighted by Crippen LogP contribution is -2.33. The van der Waals surface area contributed by atoms with Gasteiger partial charge in [0.05, 0.1) is 5.51 Å². The van der Waals surface area contributed by atoms with Crippen LogP contribution in [-0.4, -0.2) is 11.5 Å². The van der Waals surface area contributed by atoms with Crippen LogP contribution in [0.5, 0.6) is 0 Å². The van der Waals surface area contributed by atoms with E-state index in [0.717, 1.165) is 24.3 Å². The molecule has 0 radical (unpaired) electrons. The summed E-state index contributed by atoms with van der Waals surface area (Å²) in [7, 11) is 0. The fourth-order valence-electron chi connectivity index (χ4n) is 3.07. The summed E-state index contributed by atoms with van der Waals surface area (Å²) < 4.78 is 0. The van der Waals surface area contributed by atoms with Crippen LogP contribution in [0.3, 0.4) is 0 Å². The Bertz CT molecular complexity index is 336. The molecule has 3 heteroatoms. The van der Waals surface area contributed by atoms with E-state index >= 15 is 0 Å². The molecule has 1 N–H and O–H groups in total. The number of thiazole rings is 1. The molecule has 1 aliphatic carbocycles. The van der Waals surface area contributed by atoms with E-state index in [4.69, 9.17) is 0 Å². The van der Waals surface area contributed by atoms with Crippen LogP contribution in [0.15, 0.2) is 11.7 Å². The number of hydrogen-bond donors (Lipinski definition) is 1. The molecule has 0 aliphatic heterocycles. The van der Waals surface area contributed by atoms with Crippen molar-refractivity contribution in [2.24, 2.45) is 17.8 Å². The van der Waals surface area contributed by atoms with E-state index in [0.29, 0.717) is 6.04 Å². The molecule has 1 aliphatic rings. The molecule has 102 valence electrons. The lowest BCUT2D eigenvalue weighted by Gasteiger charge is -2.36. The van der Waals surface area contributed by atoms with E-state index in [9.17, 15) is 0 Å². The molecule has 1 fully saturated rings. The van der Waals surface area contributed by atoms with Gasteiger partial charge in [0.25, 0.3) is 0 Å². The van der Waals surface area contributed by atoms with Gasteiger partial charge in [0.15, 0.2) is 0 Å². The molecule has 0 saturated heterocycles. The summed E-state index contributed by atoms with van der Waals surface area (Å²) in [4.78, 5) is 5.68. The van der Waals surface area contributed by atoms with Crippen molar-refractivity contribution in [1.82, 2.24) is 10.3 Å². The van der Waals surface area contributed by atoms with E-state index in [1.165, 1.54) is 30.6 Å². The van der Waals surface area contributed by atoms with Gasteiger partial charge < -0.3 is 5.32 Å². The lowest BCUT2D eigenvalue weighted by molar-refractivity contribution is 0.172. The second-order valence-corrected chi connectivity index (χ2v) is 6.78. The van der Waals surface area contributed by atoms with Gasteiger partial charge in [0, 0.05) is 17.1 Å². The van der Waals surface area contributed by atoms with Crippen LogP contribution < -0.4 is 5.32 Å². The Hall–Kier alpha value is -0.410. The van der Waals surface area contributed by atoms with Crippen molar-refractivity contribution in [3.05, 3.63) is 16.6 Å². The van der Waals surface area contributed by atoms with Crippen molar-refractivity contribution in [2.45, 2.75) is 52.5 Å². The van der Waals surface area contributed by atoms with E-state index in [1.807, 2.05) is 5.51 Å². The predicted molar refractivity (Wildman–Crippen MR) is 78.8 cm³/mol. The van der Waals surface area contributed by atoms with Gasteiger partial charge in [-0.2, -0.15) is 0 Å². The first-order valence-electron chi connectivity index (χ1n) is 7.34. The fraction of sp³-hybridized carbons (Fsp3) is 0.800. The van der Waals surface area contributed by atoms with E-state index < -0.39 is 0 Å². The summed E-state index contributed by atoms with van der Waals surface area (Å²) in [5.41, 5.74) is 1.96. The standard InChI is InChI=1S/C15H26N2S/c1-4-7-17-15(14-9-16-10-18-14)13-6-5-11(2)12(3)8-13/h9-13,15,17H,4-8H2,1-3H3. The van der Waals surface area contributed by atoms with Gasteiger partial charge in [-0.1, -0.05) is 27.2 Å². The SMILES string of the molecule is CCCNC(c1cncs1)C1CCC(C)C(C)C1. The maximum absolute atomic E-state index is 4.26. The van der Waals surface area contributed by atoms with Crippen LogP contribution >= 0.6 is 11.3 Å². The molecule has 1 heterocycles. The number of nitrogens with one attached hydrogen (secondary N) is 1. The molecule has 1 aromatic heterocycles. The second-order valence-electron chi connectivity index (χ2n) is 5.86. The zero-order chi connectivity index (χ0) is 13.0. The van der Waals surface area contributed by atoms with Gasteiger partial charge in [-0.3, -0.25) is 4.98 Å². The van der Waals surface area contributed by atoms with Gasteiger partial charge >= 0.3 is 0 Å². The smallest absolute Gasteiger partial charge is 0.0794 e. The minimum Gasteiger partial charge on any atom is -0.309 e. The minimum absolute atomic E-state index is 0.535. The van der Waals surface area contributed by atoms with Gasteiger partial charge in [-0.25, -0.2) is 0 Å². The Morgan fingerprint density at radius 3 is 2.83 bits per heavy atom. The number of nitrogens with zero attached hydrogens (tertiary/aromatic N) is 1. The third kappa shape index (κ3) is 3.33. The lowest BCUT2D eigenvalue weighted by atomic mass is 9.73. The molecule has 0 spiro atoms. The average molecular weight is 266 g/mol. The largest absolute Gasteiger partial charge is 0.309 e. The Morgan fingerprint density at radius 1 is 1.39 bits per heavy atom. The highest BCUT2D eigenvalue weighted by atomic mass is 32.1. The molecule has 2 nitrogen and oxygen atoms in total. The first-order valence-corrected chi connectivity index (χ1v) is 8.22. The van der Waals surface area contributed by atoms with Crippen molar-refractivity contribution < 1.29 is 0 Å². The Labute approximate surface area is 115 Å². The number of hydrogen-bond acceptors (Lipinski definition) is 3. The summed E-state index contributed by atoms with van der Waals surface area (Å²) in [5, 5.41) is 3.75. The first kappa shape index (κ1) is 14.0. The fourth-order valence-corrected chi connectivity index (χ4v) is 3.86. The zero-order valence-electron chi connectivity index (χ0n) is 11.9. The normalized spacial score (nSPS) is 30.3. The molecular formula is C15H26N2S. The van der Waals surface area contributed by atoms with Crippen molar-refractivity contribution >= 4 is 11.3 Å². The van der Waals surface area contributed by atoms with Crippen LogP contribution in [0.2, 0.25) is 0 Å². The third-order valence-electron chi connectivity index (χ3n) is 4.48. The van der Waals surface area contributed by atoms with Gasteiger partial charge in [0.2, 0.25) is 0 Å². The molecule has 0 bridgehead atoms. The van der Waals surface area contributed by atoms with Crippen LogP contribution in [-0.2, 0) is 0 Å². The van der Waals surface area contributed by atoms with Crippen LogP contribution in [0, 0.1) is 17.8 Å². The molecule has 1 aromatic rings. The molecule has 4 unspecified atom stereocenters. The summed E-state index contributed by atoms with van der Waals surface area (Å²) in [6, 6.07) is 0.535. The zero-order valence-corrected chi connectivity index (χ0v) is 12.7. The van der Waals surface area contributed by atoms with Crippen molar-refractivity contribution in [3.8, 4) is 0 Å². The predicted octanol–water partition coefficient (Wildman–Crippen LogP) is 4.26. The van der Waals surface area contributed by atoms with Crippen LogP contribution in [0.25, 0.3) is 0 Å². The Kier molecular flexibility index (Phi) is 5.19. The van der Waals surface area contributed by atoms with E-state index in [2.05, 4.69) is 37.3 Å². The van der Waals surface area contributed by atoms with Gasteiger partial charge in [0.1, 0.15) is 0 Å². The maximum atomic E-state index is 4.26. The summed E-state index contributed by atoms with van der Waals surface area (Å²) in [6.07, 6.45) is 7.37. The molecule has 0 aromatic carbocycles. The summed E-state index contributed by atoms with van der Waals surface area (Å²) in [6.45, 7) is 8.17. The Morgan fingerprint density at radius 2 is 2.22 bits per heavy atom. The van der Waals surface area contributed by atoms with Crippen molar-refractivity contribution in [1.29, 1.82) is 0 Å². The molecule has 4 atom stereocenters. The first-order chi connectivity index (χ1) is 8.72. The molecule has 2 rings (SSSR count). The third-order valence-corrected chi connectivity index (χ3v) is 5.34. The van der Waals surface area contributed by atoms with E-state index in [-0.39, 0.29) is 0 Å². The molecule has 0 amide bonds.